The summed E-state index contributed by atoms with van der Waals surface area (Å²) in [6, 6.07) is 5.39. The van der Waals surface area contributed by atoms with E-state index in [4.69, 9.17) is 5.84 Å². The van der Waals surface area contributed by atoms with Gasteiger partial charge in [-0.25, -0.2) is 9.82 Å². The van der Waals surface area contributed by atoms with Crippen LogP contribution in [0.2, 0.25) is 0 Å². The van der Waals surface area contributed by atoms with Gasteiger partial charge in [0.25, 0.3) is 0 Å². The molecule has 0 saturated carbocycles. The molecule has 1 aromatic heterocycles. The maximum atomic E-state index is 13.3. The van der Waals surface area contributed by atoms with Gasteiger partial charge in [-0.2, -0.15) is 0 Å². The molecule has 2 rings (SSSR count). The van der Waals surface area contributed by atoms with E-state index in [2.05, 4.69) is 36.4 Å². The van der Waals surface area contributed by atoms with E-state index in [1.54, 1.807) is 6.20 Å². The number of nitrogens with two attached hydrogens (primary N) is 1. The largest absolute Gasteiger partial charge is 0.271 e. The topological polar surface area (TPSA) is 50.9 Å². The number of pyridine rings is 1. The average Bonchev–Trinajstić information content (AvgIpc) is 2.36. The lowest BCUT2D eigenvalue weighted by Gasteiger charge is -2.20. The zero-order chi connectivity index (χ0) is 14.0. The minimum Gasteiger partial charge on any atom is -0.271 e. The first-order valence-corrected chi connectivity index (χ1v) is 6.17. The molecule has 0 radical (unpaired) electrons. The number of halogens is 1. The van der Waals surface area contributed by atoms with Gasteiger partial charge in [0, 0.05) is 6.20 Å². The summed E-state index contributed by atoms with van der Waals surface area (Å²) in [5.74, 6) is 5.28. The van der Waals surface area contributed by atoms with Crippen molar-refractivity contribution in [3.8, 4) is 0 Å². The molecule has 2 aromatic rings. The van der Waals surface area contributed by atoms with Crippen molar-refractivity contribution in [2.45, 2.75) is 26.8 Å². The van der Waals surface area contributed by atoms with Gasteiger partial charge in [0.15, 0.2) is 0 Å². The third kappa shape index (κ3) is 2.80. The summed E-state index contributed by atoms with van der Waals surface area (Å²) in [5, 5.41) is 0. The number of hydrogen-bond acceptors (Lipinski definition) is 3. The standard InChI is InChI=1S/C15H18FN3/c1-9-4-11(3)14(5-10(9)2)15(19-17)12-6-13(16)8-18-7-12/h4-8,15,19H,17H2,1-3H3. The molecule has 0 spiro atoms. The second-order valence-corrected chi connectivity index (χ2v) is 4.83. The molecule has 0 aliphatic heterocycles. The Labute approximate surface area is 112 Å². The van der Waals surface area contributed by atoms with Crippen LogP contribution in [0.25, 0.3) is 0 Å². The zero-order valence-corrected chi connectivity index (χ0v) is 11.4. The van der Waals surface area contributed by atoms with Crippen LogP contribution in [0.4, 0.5) is 4.39 Å². The van der Waals surface area contributed by atoms with Gasteiger partial charge in [-0.1, -0.05) is 12.1 Å². The maximum absolute atomic E-state index is 13.3. The van der Waals surface area contributed by atoms with Crippen LogP contribution in [-0.2, 0) is 0 Å². The fourth-order valence-electron chi connectivity index (χ4n) is 2.25. The molecular weight excluding hydrogens is 241 g/mol. The lowest BCUT2D eigenvalue weighted by atomic mass is 9.93. The van der Waals surface area contributed by atoms with Crippen LogP contribution in [-0.4, -0.2) is 4.98 Å². The highest BCUT2D eigenvalue weighted by Gasteiger charge is 2.16. The molecule has 100 valence electrons. The quantitative estimate of drug-likeness (QED) is 0.658. The third-order valence-electron chi connectivity index (χ3n) is 3.42. The number of aromatic nitrogens is 1. The SMILES string of the molecule is Cc1cc(C)c(C(NN)c2cncc(F)c2)cc1C. The Hall–Kier alpha value is -1.78. The van der Waals surface area contributed by atoms with Gasteiger partial charge < -0.3 is 0 Å². The van der Waals surface area contributed by atoms with E-state index in [9.17, 15) is 4.39 Å². The molecule has 0 aliphatic rings. The summed E-state index contributed by atoms with van der Waals surface area (Å²) in [5.41, 5.74) is 8.04. The molecule has 1 heterocycles. The second kappa shape index (κ2) is 5.47. The third-order valence-corrected chi connectivity index (χ3v) is 3.42. The predicted molar refractivity (Wildman–Crippen MR) is 74.0 cm³/mol. The Bertz CT molecular complexity index is 596. The van der Waals surface area contributed by atoms with Crippen LogP contribution >= 0.6 is 0 Å². The average molecular weight is 259 g/mol. The van der Waals surface area contributed by atoms with Crippen LogP contribution in [0, 0.1) is 26.6 Å². The van der Waals surface area contributed by atoms with Crippen molar-refractivity contribution in [3.05, 3.63) is 64.2 Å². The molecule has 3 nitrogen and oxygen atoms in total. The van der Waals surface area contributed by atoms with Crippen molar-refractivity contribution in [3.63, 3.8) is 0 Å². The fraction of sp³-hybridized carbons (Fsp3) is 0.267. The fourth-order valence-corrected chi connectivity index (χ4v) is 2.25. The molecule has 0 fully saturated rings. The Morgan fingerprint density at radius 2 is 1.74 bits per heavy atom. The summed E-state index contributed by atoms with van der Waals surface area (Å²) in [6.07, 6.45) is 2.81. The van der Waals surface area contributed by atoms with Crippen molar-refractivity contribution < 1.29 is 4.39 Å². The summed E-state index contributed by atoms with van der Waals surface area (Å²) >= 11 is 0. The van der Waals surface area contributed by atoms with Gasteiger partial charge in [0.05, 0.1) is 12.2 Å². The second-order valence-electron chi connectivity index (χ2n) is 4.83. The van der Waals surface area contributed by atoms with Crippen LogP contribution in [0.3, 0.4) is 0 Å². The highest BCUT2D eigenvalue weighted by atomic mass is 19.1. The molecule has 0 aliphatic carbocycles. The molecule has 3 N–H and O–H groups in total. The lowest BCUT2D eigenvalue weighted by Crippen LogP contribution is -2.29. The first kappa shape index (κ1) is 13.6. The highest BCUT2D eigenvalue weighted by molar-refractivity contribution is 5.41. The first-order valence-electron chi connectivity index (χ1n) is 6.17. The molecule has 0 bridgehead atoms. The highest BCUT2D eigenvalue weighted by Crippen LogP contribution is 2.26. The summed E-state index contributed by atoms with van der Waals surface area (Å²) in [4.78, 5) is 3.88. The van der Waals surface area contributed by atoms with Gasteiger partial charge >= 0.3 is 0 Å². The minimum atomic E-state index is -0.362. The molecule has 1 unspecified atom stereocenters. The Balaban J connectivity index is 2.51. The Morgan fingerprint density at radius 1 is 1.05 bits per heavy atom. The number of hydrogen-bond donors (Lipinski definition) is 2. The van der Waals surface area contributed by atoms with Crippen molar-refractivity contribution in [2.24, 2.45) is 5.84 Å². The van der Waals surface area contributed by atoms with Gasteiger partial charge in [-0.3, -0.25) is 10.8 Å². The van der Waals surface area contributed by atoms with Gasteiger partial charge in [-0.05, 0) is 54.7 Å². The van der Waals surface area contributed by atoms with E-state index in [0.717, 1.165) is 11.1 Å². The van der Waals surface area contributed by atoms with E-state index in [-0.39, 0.29) is 11.9 Å². The number of rotatable bonds is 3. The van der Waals surface area contributed by atoms with Crippen molar-refractivity contribution in [2.75, 3.05) is 0 Å². The van der Waals surface area contributed by atoms with E-state index in [1.807, 2.05) is 6.92 Å². The lowest BCUT2D eigenvalue weighted by molar-refractivity contribution is 0.596. The molecule has 0 saturated heterocycles. The van der Waals surface area contributed by atoms with E-state index >= 15 is 0 Å². The summed E-state index contributed by atoms with van der Waals surface area (Å²) in [6.45, 7) is 6.15. The summed E-state index contributed by atoms with van der Waals surface area (Å²) in [7, 11) is 0. The first-order chi connectivity index (χ1) is 9.02. The van der Waals surface area contributed by atoms with E-state index in [0.29, 0.717) is 5.56 Å². The maximum Gasteiger partial charge on any atom is 0.141 e. The molecular formula is C15H18FN3. The Morgan fingerprint density at radius 3 is 2.37 bits per heavy atom. The molecule has 1 atom stereocenters. The molecule has 1 aromatic carbocycles. The van der Waals surface area contributed by atoms with Crippen LogP contribution < -0.4 is 11.3 Å². The zero-order valence-electron chi connectivity index (χ0n) is 11.4. The smallest absolute Gasteiger partial charge is 0.141 e. The van der Waals surface area contributed by atoms with Crippen LogP contribution in [0.1, 0.15) is 33.9 Å². The number of benzene rings is 1. The van der Waals surface area contributed by atoms with Crippen molar-refractivity contribution in [1.82, 2.24) is 10.4 Å². The van der Waals surface area contributed by atoms with E-state index < -0.39 is 0 Å². The van der Waals surface area contributed by atoms with Crippen LogP contribution in [0.5, 0.6) is 0 Å². The molecule has 4 heteroatoms. The van der Waals surface area contributed by atoms with Gasteiger partial charge in [0.1, 0.15) is 5.82 Å². The number of nitrogens with one attached hydrogen (secondary N) is 1. The van der Waals surface area contributed by atoms with Crippen molar-refractivity contribution >= 4 is 0 Å². The summed E-state index contributed by atoms with van der Waals surface area (Å²) < 4.78 is 13.3. The normalized spacial score (nSPS) is 12.5. The Kier molecular flexibility index (Phi) is 3.93. The van der Waals surface area contributed by atoms with E-state index in [1.165, 1.54) is 23.4 Å². The molecule has 0 amide bonds. The monoisotopic (exact) mass is 259 g/mol. The van der Waals surface area contributed by atoms with Crippen LogP contribution in [0.15, 0.2) is 30.6 Å². The minimum absolute atomic E-state index is 0.262. The van der Waals surface area contributed by atoms with Gasteiger partial charge in [-0.15, -0.1) is 0 Å². The predicted octanol–water partition coefficient (Wildman–Crippen LogP) is 2.70. The number of hydrazine groups is 1. The number of aryl methyl sites for hydroxylation is 3. The number of nitrogens with zero attached hydrogens (tertiary/aromatic N) is 1. The van der Waals surface area contributed by atoms with Crippen molar-refractivity contribution in [1.29, 1.82) is 0 Å². The molecule has 19 heavy (non-hydrogen) atoms. The van der Waals surface area contributed by atoms with Gasteiger partial charge in [0.2, 0.25) is 0 Å².